The Morgan fingerprint density at radius 2 is 2.03 bits per heavy atom. The van der Waals surface area contributed by atoms with Crippen molar-refractivity contribution in [3.05, 3.63) is 62.2 Å². The number of aliphatic hydroxyl groups excluding tert-OH is 1. The summed E-state index contributed by atoms with van der Waals surface area (Å²) in [5, 5.41) is 22.1. The van der Waals surface area contributed by atoms with Crippen LogP contribution in [-0.4, -0.2) is 49.1 Å². The van der Waals surface area contributed by atoms with Gasteiger partial charge in [-0.1, -0.05) is 23.1 Å². The first-order chi connectivity index (χ1) is 15.7. The number of nitro groups is 1. The molecule has 0 spiro atoms. The van der Waals surface area contributed by atoms with Gasteiger partial charge in [0.05, 0.1) is 16.9 Å². The molecule has 13 heteroatoms. The first-order valence-electron chi connectivity index (χ1n) is 9.60. The summed E-state index contributed by atoms with van der Waals surface area (Å²) < 4.78 is 23.7. The second kappa shape index (κ2) is 9.35. The molecule has 1 aromatic carbocycles. The van der Waals surface area contributed by atoms with Crippen molar-refractivity contribution in [3.8, 4) is 5.75 Å². The summed E-state index contributed by atoms with van der Waals surface area (Å²) in [5.74, 6) is -1.62. The van der Waals surface area contributed by atoms with Gasteiger partial charge in [-0.15, -0.1) is 0 Å². The van der Waals surface area contributed by atoms with E-state index in [9.17, 15) is 29.4 Å². The Hall–Kier alpha value is -2.58. The maximum absolute atomic E-state index is 13.0. The van der Waals surface area contributed by atoms with E-state index in [1.807, 2.05) is 0 Å². The van der Waals surface area contributed by atoms with E-state index in [1.54, 1.807) is 11.4 Å². The smallest absolute Gasteiger partial charge is 0.359 e. The summed E-state index contributed by atoms with van der Waals surface area (Å²) >= 11 is 1.05. The fourth-order valence-electron chi connectivity index (χ4n) is 3.41. The number of thioether (sulfide) groups is 1. The highest BCUT2D eigenvalue weighted by molar-refractivity contribution is 8.03. The molecule has 4 rings (SSSR count). The summed E-state index contributed by atoms with van der Waals surface area (Å²) in [5.41, 5.74) is 0.346. The van der Waals surface area contributed by atoms with E-state index in [4.69, 9.17) is 9.47 Å². The van der Waals surface area contributed by atoms with Crippen molar-refractivity contribution in [2.24, 2.45) is 5.92 Å². The van der Waals surface area contributed by atoms with Crippen LogP contribution in [0, 0.1) is 16.0 Å². The van der Waals surface area contributed by atoms with E-state index in [0.717, 1.165) is 11.8 Å². The van der Waals surface area contributed by atoms with Gasteiger partial charge < -0.3 is 19.1 Å². The van der Waals surface area contributed by atoms with Crippen molar-refractivity contribution in [1.29, 1.82) is 0 Å². The summed E-state index contributed by atoms with van der Waals surface area (Å²) in [4.78, 5) is 37.1. The van der Waals surface area contributed by atoms with Crippen LogP contribution in [-0.2, 0) is 32.1 Å². The molecule has 1 N–H and O–H groups in total. The van der Waals surface area contributed by atoms with Gasteiger partial charge in [-0.2, -0.15) is 0 Å². The van der Waals surface area contributed by atoms with E-state index in [0.29, 0.717) is 15.5 Å². The molecule has 0 aliphatic carbocycles. The van der Waals surface area contributed by atoms with Crippen LogP contribution < -0.4 is 4.74 Å². The van der Waals surface area contributed by atoms with Gasteiger partial charge in [-0.3, -0.25) is 19.8 Å². The number of carbonyl (C=O) groups excluding carboxylic acids is 2. The van der Waals surface area contributed by atoms with Crippen molar-refractivity contribution in [2.75, 3.05) is 6.26 Å². The van der Waals surface area contributed by atoms with Gasteiger partial charge in [-0.25, -0.2) is 4.79 Å². The molecule has 10 nitrogen and oxygen atoms in total. The summed E-state index contributed by atoms with van der Waals surface area (Å²) in [6, 6.07) is 7.16. The number of carbonyl (C=O) groups is 2. The van der Waals surface area contributed by atoms with Gasteiger partial charge in [0.1, 0.15) is 18.2 Å². The molecule has 1 aromatic heterocycles. The number of rotatable bonds is 8. The van der Waals surface area contributed by atoms with Crippen LogP contribution in [0.3, 0.4) is 0 Å². The summed E-state index contributed by atoms with van der Waals surface area (Å²) in [6.07, 6.45) is 0.594. The zero-order valence-electron chi connectivity index (χ0n) is 17.3. The lowest BCUT2D eigenvalue weighted by atomic mass is 9.92. The fourth-order valence-corrected chi connectivity index (χ4v) is 6.51. The molecule has 2 aliphatic rings. The number of β-lactam (4-membered cyclic amide) rings is 1. The first kappa shape index (κ1) is 23.6. The van der Waals surface area contributed by atoms with Crippen molar-refractivity contribution in [1.82, 2.24) is 4.90 Å². The molecule has 4 atom stereocenters. The van der Waals surface area contributed by atoms with E-state index in [-0.39, 0.29) is 23.1 Å². The molecule has 1 saturated heterocycles. The number of fused-ring (bicyclic) bond motifs is 1. The summed E-state index contributed by atoms with van der Waals surface area (Å²) in [7, 11) is 0. The van der Waals surface area contributed by atoms with Crippen molar-refractivity contribution in [2.45, 2.75) is 29.2 Å². The van der Waals surface area contributed by atoms with Crippen LogP contribution in [0.4, 0.5) is 5.69 Å². The SMILES string of the molecule is C[C@@H](O)[C@H]1C(=O)N2C(C(=O)OCc3ccc([N+](=O)[O-])cc3)=C(Oc3ccsc3[S+](C)[O-])S[C@H]12. The average Bonchev–Trinajstić information content (AvgIpc) is 3.35. The van der Waals surface area contributed by atoms with E-state index in [1.165, 1.54) is 53.7 Å². The number of thiophene rings is 1. The lowest BCUT2D eigenvalue weighted by molar-refractivity contribution is -0.384. The molecular formula is C20H18N2O8S3. The molecule has 1 amide bonds. The number of nitrogens with zero attached hydrogens (tertiary/aromatic N) is 2. The van der Waals surface area contributed by atoms with Crippen LogP contribution in [0.1, 0.15) is 12.5 Å². The minimum atomic E-state index is -1.31. The topological polar surface area (TPSA) is 142 Å². The van der Waals surface area contributed by atoms with Crippen molar-refractivity contribution < 1.29 is 33.6 Å². The van der Waals surface area contributed by atoms with E-state index >= 15 is 0 Å². The molecular weight excluding hydrogens is 492 g/mol. The second-order valence-electron chi connectivity index (χ2n) is 7.25. The number of benzene rings is 1. The van der Waals surface area contributed by atoms with Crippen molar-refractivity contribution in [3.63, 3.8) is 0 Å². The van der Waals surface area contributed by atoms with Gasteiger partial charge in [0, 0.05) is 12.1 Å². The minimum absolute atomic E-state index is 0.0891. The predicted octanol–water partition coefficient (Wildman–Crippen LogP) is 2.60. The number of hydrogen-bond acceptors (Lipinski definition) is 10. The molecule has 0 saturated carbocycles. The van der Waals surface area contributed by atoms with E-state index < -0.39 is 45.4 Å². The lowest BCUT2D eigenvalue weighted by Gasteiger charge is -2.43. The van der Waals surface area contributed by atoms with Crippen LogP contribution in [0.25, 0.3) is 0 Å². The molecule has 33 heavy (non-hydrogen) atoms. The quantitative estimate of drug-likeness (QED) is 0.186. The number of hydrogen-bond donors (Lipinski definition) is 1. The average molecular weight is 511 g/mol. The molecule has 174 valence electrons. The molecule has 2 aromatic rings. The highest BCUT2D eigenvalue weighted by Crippen LogP contribution is 2.51. The first-order valence-corrected chi connectivity index (χ1v) is 12.9. The number of ether oxygens (including phenoxy) is 2. The molecule has 0 radical (unpaired) electrons. The standard InChI is InChI=1S/C20H18N2O8S3/c1-10(23)14-16(24)21-15(18(25)29-9-11-3-5-12(6-4-11)22(26)27)19(32-17(14)21)30-13-7-8-31-20(13)33(2)28/h3-8,10,14,17,23H,9H2,1-2H3/t10-,14+,17-,33?/m1/s1. The van der Waals surface area contributed by atoms with Crippen LogP contribution in [0.15, 0.2) is 50.7 Å². The van der Waals surface area contributed by atoms with Gasteiger partial charge in [0.2, 0.25) is 10.1 Å². The number of nitro benzene ring substituents is 1. The minimum Gasteiger partial charge on any atom is -0.611 e. The Kier molecular flexibility index (Phi) is 6.68. The molecule has 2 aliphatic heterocycles. The third-order valence-corrected chi connectivity index (χ3v) is 8.68. The molecule has 0 bridgehead atoms. The molecule has 1 fully saturated rings. The van der Waals surface area contributed by atoms with Crippen LogP contribution >= 0.6 is 23.1 Å². The molecule has 1 unspecified atom stereocenters. The largest absolute Gasteiger partial charge is 0.611 e. The zero-order valence-corrected chi connectivity index (χ0v) is 19.8. The van der Waals surface area contributed by atoms with Crippen LogP contribution in [0.2, 0.25) is 0 Å². The second-order valence-corrected chi connectivity index (χ2v) is 10.8. The van der Waals surface area contributed by atoms with Gasteiger partial charge >= 0.3 is 5.97 Å². The highest BCUT2D eigenvalue weighted by Gasteiger charge is 2.59. The third-order valence-electron chi connectivity index (χ3n) is 5.04. The highest BCUT2D eigenvalue weighted by atomic mass is 32.2. The predicted molar refractivity (Wildman–Crippen MR) is 121 cm³/mol. The Labute approximate surface area is 199 Å². The number of non-ortho nitro benzene ring substituents is 1. The molecule has 3 heterocycles. The number of esters is 1. The monoisotopic (exact) mass is 510 g/mol. The van der Waals surface area contributed by atoms with Gasteiger partial charge in [-0.05, 0) is 47.2 Å². The normalized spacial score (nSPS) is 21.3. The Morgan fingerprint density at radius 3 is 2.64 bits per heavy atom. The maximum Gasteiger partial charge on any atom is 0.359 e. The lowest BCUT2D eigenvalue weighted by Crippen LogP contribution is -2.60. The Morgan fingerprint density at radius 1 is 1.33 bits per heavy atom. The van der Waals surface area contributed by atoms with Crippen LogP contribution in [0.5, 0.6) is 5.75 Å². The number of amides is 1. The third kappa shape index (κ3) is 4.46. The van der Waals surface area contributed by atoms with E-state index in [2.05, 4.69) is 0 Å². The Balaban J connectivity index is 1.57. The fraction of sp³-hybridized carbons (Fsp3) is 0.300. The Bertz CT molecular complexity index is 1130. The number of aliphatic hydroxyl groups is 1. The maximum atomic E-state index is 13.0. The summed E-state index contributed by atoms with van der Waals surface area (Å²) in [6.45, 7) is 1.33. The zero-order chi connectivity index (χ0) is 23.9. The van der Waals surface area contributed by atoms with Gasteiger partial charge in [0.25, 0.3) is 5.69 Å². The van der Waals surface area contributed by atoms with Crippen molar-refractivity contribution >= 4 is 51.8 Å². The van der Waals surface area contributed by atoms with Gasteiger partial charge in [0.15, 0.2) is 16.5 Å².